The fraction of sp³-hybridized carbons (Fsp3) is 1.00. The van der Waals surface area contributed by atoms with E-state index in [1.54, 1.807) is 0 Å². The molecule has 7 fully saturated rings. The van der Waals surface area contributed by atoms with Crippen LogP contribution in [-0.4, -0.2) is 60.6 Å². The number of hydrogen-bond acceptors (Lipinski definition) is 8. The summed E-state index contributed by atoms with van der Waals surface area (Å²) < 4.78 is 31.6. The van der Waals surface area contributed by atoms with Crippen LogP contribution in [0.15, 0.2) is 0 Å². The van der Waals surface area contributed by atoms with Crippen molar-refractivity contribution in [2.45, 2.75) is 36.6 Å². The quantitative estimate of drug-likeness (QED) is 0.431. The first-order valence-electron chi connectivity index (χ1n) is 5.34. The Bertz CT molecular complexity index is 290. The lowest BCUT2D eigenvalue weighted by atomic mass is 9.70. The highest BCUT2D eigenvalue weighted by Crippen LogP contribution is 2.52. The average molecular weight is 230 g/mol. The van der Waals surface area contributed by atoms with Crippen molar-refractivity contribution in [1.82, 2.24) is 0 Å². The monoisotopic (exact) mass is 230 g/mol. The van der Waals surface area contributed by atoms with E-state index in [1.165, 1.54) is 0 Å². The molecule has 1 aliphatic carbocycles. The van der Waals surface area contributed by atoms with E-state index in [9.17, 15) is 10.0 Å². The van der Waals surface area contributed by atoms with Crippen LogP contribution in [0.2, 0.25) is 0 Å². The highest BCUT2D eigenvalue weighted by atomic mass is 16.9. The molecule has 6 heterocycles. The van der Waals surface area contributed by atoms with E-state index in [4.69, 9.17) is 27.9 Å². The Hall–Kier alpha value is -0.190. The molecular formula is C6H8B2O8-2. The average Bonchev–Trinajstić information content (AvgIpc) is 2.22. The molecule has 7 aliphatic rings. The number of rotatable bonds is 0. The molecule has 0 aromatic heterocycles. The lowest BCUT2D eigenvalue weighted by Gasteiger charge is -2.76. The van der Waals surface area contributed by atoms with E-state index in [2.05, 4.69) is 0 Å². The maximum atomic E-state index is 9.83. The SMILES string of the molecule is O[B-]12OC3C4O[B-]5(O)OC3C(O1)C(O5)C4O2. The van der Waals surface area contributed by atoms with Gasteiger partial charge in [-0.3, -0.25) is 0 Å². The topological polar surface area (TPSA) is 95.8 Å². The van der Waals surface area contributed by atoms with Gasteiger partial charge < -0.3 is 38.0 Å². The Morgan fingerprint density at radius 1 is 0.500 bits per heavy atom. The smallest absolute Gasteiger partial charge is 0.529 e. The van der Waals surface area contributed by atoms with Gasteiger partial charge in [0, 0.05) is 0 Å². The van der Waals surface area contributed by atoms with Gasteiger partial charge in [0.1, 0.15) is 0 Å². The van der Waals surface area contributed by atoms with Crippen molar-refractivity contribution in [3.05, 3.63) is 0 Å². The fourth-order valence-corrected chi connectivity index (χ4v) is 3.43. The van der Waals surface area contributed by atoms with E-state index >= 15 is 0 Å². The summed E-state index contributed by atoms with van der Waals surface area (Å²) in [6.45, 7) is -5.40. The Morgan fingerprint density at radius 2 is 0.688 bits per heavy atom. The van der Waals surface area contributed by atoms with Crippen molar-refractivity contribution in [2.24, 2.45) is 0 Å². The summed E-state index contributed by atoms with van der Waals surface area (Å²) in [5.74, 6) is 0. The van der Waals surface area contributed by atoms with Gasteiger partial charge in [-0.2, -0.15) is 0 Å². The van der Waals surface area contributed by atoms with E-state index in [0.717, 1.165) is 0 Å². The molecule has 8 nitrogen and oxygen atoms in total. The minimum absolute atomic E-state index is 0.468. The first-order chi connectivity index (χ1) is 7.57. The summed E-state index contributed by atoms with van der Waals surface area (Å²) in [7, 11) is 0. The van der Waals surface area contributed by atoms with Gasteiger partial charge in [0.15, 0.2) is 0 Å². The van der Waals surface area contributed by atoms with Crippen molar-refractivity contribution in [3.63, 3.8) is 0 Å². The third-order valence-corrected chi connectivity index (χ3v) is 3.92. The van der Waals surface area contributed by atoms with Crippen LogP contribution in [-0.2, 0) is 27.9 Å². The van der Waals surface area contributed by atoms with Crippen LogP contribution in [0.4, 0.5) is 0 Å². The van der Waals surface area contributed by atoms with Crippen LogP contribution in [0, 0.1) is 0 Å². The predicted octanol–water partition coefficient (Wildman–Crippen LogP) is -2.78. The first kappa shape index (κ1) is 8.84. The lowest BCUT2D eigenvalue weighted by Crippen LogP contribution is -2.90. The molecule has 0 aromatic rings. The van der Waals surface area contributed by atoms with E-state index in [-0.39, 0.29) is 0 Å². The van der Waals surface area contributed by atoms with Crippen molar-refractivity contribution < 1.29 is 38.0 Å². The molecule has 7 rings (SSSR count). The van der Waals surface area contributed by atoms with Gasteiger partial charge >= 0.3 is 13.9 Å². The zero-order valence-corrected chi connectivity index (χ0v) is 7.96. The van der Waals surface area contributed by atoms with Gasteiger partial charge in [0.2, 0.25) is 0 Å². The summed E-state index contributed by atoms with van der Waals surface area (Å²) in [6.07, 6.45) is -2.81. The summed E-state index contributed by atoms with van der Waals surface area (Å²) in [5, 5.41) is 19.7. The molecule has 10 heteroatoms. The Labute approximate surface area is 89.4 Å². The first-order valence-corrected chi connectivity index (χ1v) is 5.34. The fourth-order valence-electron chi connectivity index (χ4n) is 3.43. The molecule has 1 saturated carbocycles. The van der Waals surface area contributed by atoms with Crippen LogP contribution in [0.1, 0.15) is 0 Å². The van der Waals surface area contributed by atoms with Crippen LogP contribution >= 0.6 is 0 Å². The lowest BCUT2D eigenvalue weighted by molar-refractivity contribution is -0.379. The molecular weight excluding hydrogens is 222 g/mol. The zero-order chi connectivity index (χ0) is 10.7. The van der Waals surface area contributed by atoms with Gasteiger partial charge in [0.05, 0.1) is 36.6 Å². The summed E-state index contributed by atoms with van der Waals surface area (Å²) in [5.41, 5.74) is 0. The maximum Gasteiger partial charge on any atom is 0.529 e. The highest BCUT2D eigenvalue weighted by molar-refractivity contribution is 6.55. The third kappa shape index (κ3) is 0.783. The molecule has 0 amide bonds. The molecule has 0 atom stereocenters. The molecule has 6 aliphatic heterocycles. The van der Waals surface area contributed by atoms with Gasteiger partial charge in [-0.25, -0.2) is 0 Å². The van der Waals surface area contributed by atoms with Crippen molar-refractivity contribution in [3.8, 4) is 0 Å². The zero-order valence-electron chi connectivity index (χ0n) is 7.96. The number of hydrogen-bond donors (Lipinski definition) is 2. The Morgan fingerprint density at radius 3 is 0.875 bits per heavy atom. The van der Waals surface area contributed by atoms with Crippen LogP contribution < -0.4 is 0 Å². The summed E-state index contributed by atoms with van der Waals surface area (Å²) >= 11 is 0. The van der Waals surface area contributed by atoms with Crippen molar-refractivity contribution in [1.29, 1.82) is 0 Å². The van der Waals surface area contributed by atoms with Crippen molar-refractivity contribution in [2.75, 3.05) is 0 Å². The second-order valence-electron chi connectivity index (χ2n) is 4.81. The van der Waals surface area contributed by atoms with E-state index in [1.807, 2.05) is 0 Å². The molecule has 0 unspecified atom stereocenters. The summed E-state index contributed by atoms with van der Waals surface area (Å²) in [6, 6.07) is 0. The normalized spacial score (nSPS) is 73.9. The third-order valence-electron chi connectivity index (χ3n) is 3.92. The Balaban J connectivity index is 1.68. The molecule has 0 radical (unpaired) electrons. The standard InChI is InChI=1S/C6H8B2O8/c9-7-11-1-2-4(14-7)6-5(15-7)3(1)13-8(10,12-2)16-6/h1-6,9-10H/q-2. The van der Waals surface area contributed by atoms with Gasteiger partial charge in [-0.15, -0.1) is 0 Å². The van der Waals surface area contributed by atoms with Gasteiger partial charge in [0.25, 0.3) is 0 Å². The molecule has 8 bridgehead atoms. The second kappa shape index (κ2) is 2.20. The Kier molecular flexibility index (Phi) is 1.22. The van der Waals surface area contributed by atoms with E-state index in [0.29, 0.717) is 0 Å². The second-order valence-corrected chi connectivity index (χ2v) is 4.81. The summed E-state index contributed by atoms with van der Waals surface area (Å²) in [4.78, 5) is 0. The maximum absolute atomic E-state index is 9.83. The van der Waals surface area contributed by atoms with Crippen LogP contribution in [0.5, 0.6) is 0 Å². The van der Waals surface area contributed by atoms with Gasteiger partial charge in [-0.05, 0) is 0 Å². The van der Waals surface area contributed by atoms with Gasteiger partial charge in [-0.1, -0.05) is 0 Å². The van der Waals surface area contributed by atoms with E-state index < -0.39 is 50.5 Å². The minimum Gasteiger partial charge on any atom is -0.533 e. The molecule has 6 saturated heterocycles. The molecule has 16 heavy (non-hydrogen) atoms. The molecule has 0 aromatic carbocycles. The predicted molar refractivity (Wildman–Crippen MR) is 45.2 cm³/mol. The highest BCUT2D eigenvalue weighted by Gasteiger charge is 2.71. The van der Waals surface area contributed by atoms with Crippen LogP contribution in [0.3, 0.4) is 0 Å². The molecule has 88 valence electrons. The molecule has 0 spiro atoms. The largest absolute Gasteiger partial charge is 0.533 e. The molecule has 2 N–H and O–H groups in total. The van der Waals surface area contributed by atoms with Crippen LogP contribution in [0.25, 0.3) is 0 Å². The van der Waals surface area contributed by atoms with Crippen molar-refractivity contribution >= 4 is 13.9 Å². The minimum atomic E-state index is -2.70.